The number of rotatable bonds is 14. The van der Waals surface area contributed by atoms with Crippen LogP contribution < -0.4 is 20.1 Å². The first-order valence-electron chi connectivity index (χ1n) is 11.8. The van der Waals surface area contributed by atoms with Crippen LogP contribution in [0.4, 0.5) is 5.95 Å². The van der Waals surface area contributed by atoms with Gasteiger partial charge in [-0.2, -0.15) is 9.97 Å². The second-order valence-electron chi connectivity index (χ2n) is 8.25. The molecule has 0 aliphatic heterocycles. The number of imidazole rings is 1. The summed E-state index contributed by atoms with van der Waals surface area (Å²) >= 11 is 0. The third-order valence-corrected chi connectivity index (χ3v) is 6.51. The predicted octanol–water partition coefficient (Wildman–Crippen LogP) is 3.48. The van der Waals surface area contributed by atoms with Gasteiger partial charge >= 0.3 is 13.7 Å². The number of carbonyl (C=O) groups is 1. The van der Waals surface area contributed by atoms with Gasteiger partial charge in [-0.05, 0) is 39.3 Å². The van der Waals surface area contributed by atoms with Crippen LogP contribution in [0, 0.1) is 0 Å². The average Bonchev–Trinajstić information content (AvgIpc) is 3.29. The largest absolute Gasteiger partial charge is 0.479 e. The number of nitrogens with two attached hydrogens (primary N) is 1. The Morgan fingerprint density at radius 3 is 2.57 bits per heavy atom. The molecule has 0 aliphatic carbocycles. The lowest BCUT2D eigenvalue weighted by molar-refractivity contribution is -0.145. The van der Waals surface area contributed by atoms with Crippen molar-refractivity contribution in [2.75, 3.05) is 26.0 Å². The Morgan fingerprint density at radius 2 is 1.92 bits per heavy atom. The van der Waals surface area contributed by atoms with Crippen molar-refractivity contribution in [1.82, 2.24) is 24.6 Å². The molecule has 2 aromatic heterocycles. The van der Waals surface area contributed by atoms with Crippen molar-refractivity contribution in [2.24, 2.45) is 0 Å². The minimum absolute atomic E-state index is 0.0368. The first-order chi connectivity index (χ1) is 17.6. The summed E-state index contributed by atoms with van der Waals surface area (Å²) in [6.07, 6.45) is 0.721. The van der Waals surface area contributed by atoms with Crippen molar-refractivity contribution in [3.05, 3.63) is 36.7 Å². The monoisotopic (exact) mass is 536 g/mol. The van der Waals surface area contributed by atoms with Crippen LogP contribution in [0.1, 0.15) is 40.3 Å². The zero-order valence-corrected chi connectivity index (χ0v) is 22.4. The topological polar surface area (TPSA) is 162 Å². The summed E-state index contributed by atoms with van der Waals surface area (Å²) < 4.78 is 43.0. The van der Waals surface area contributed by atoms with E-state index in [1.165, 1.54) is 7.11 Å². The Bertz CT molecular complexity index is 1220. The molecular weight excluding hydrogens is 503 g/mol. The van der Waals surface area contributed by atoms with Crippen molar-refractivity contribution in [2.45, 2.75) is 52.6 Å². The number of hydrogen-bond donors (Lipinski definition) is 2. The highest BCUT2D eigenvalue weighted by Crippen LogP contribution is 2.44. The minimum atomic E-state index is -3.97. The van der Waals surface area contributed by atoms with Crippen LogP contribution in [0.15, 0.2) is 36.7 Å². The summed E-state index contributed by atoms with van der Waals surface area (Å²) in [4.78, 5) is 24.6. The molecule has 3 rings (SSSR count). The molecule has 202 valence electrons. The molecule has 0 saturated carbocycles. The van der Waals surface area contributed by atoms with Gasteiger partial charge < -0.3 is 24.5 Å². The van der Waals surface area contributed by atoms with Gasteiger partial charge in [0, 0.05) is 0 Å². The van der Waals surface area contributed by atoms with Gasteiger partial charge in [0.2, 0.25) is 11.8 Å². The average molecular weight is 537 g/mol. The van der Waals surface area contributed by atoms with Crippen LogP contribution in [0.3, 0.4) is 0 Å². The van der Waals surface area contributed by atoms with Gasteiger partial charge in [0.05, 0.1) is 32.3 Å². The number of nitrogen functional groups attached to an aromatic ring is 1. The van der Waals surface area contributed by atoms with E-state index in [4.69, 9.17) is 29.0 Å². The first kappa shape index (κ1) is 28.3. The third-order valence-electron chi connectivity index (χ3n) is 5.02. The Hall–Kier alpha value is -3.25. The number of hydrogen-bond acceptors (Lipinski definition) is 11. The van der Waals surface area contributed by atoms with E-state index in [2.05, 4.69) is 20.0 Å². The maximum Gasteiger partial charge on any atom is 0.459 e. The predicted molar refractivity (Wildman–Crippen MR) is 136 cm³/mol. The van der Waals surface area contributed by atoms with Crippen LogP contribution >= 0.6 is 7.75 Å². The second-order valence-corrected chi connectivity index (χ2v) is 10.0. The molecule has 0 bridgehead atoms. The summed E-state index contributed by atoms with van der Waals surface area (Å²) in [5.41, 5.74) is 6.68. The van der Waals surface area contributed by atoms with Gasteiger partial charge in [0.15, 0.2) is 11.2 Å². The molecule has 0 saturated heterocycles. The second kappa shape index (κ2) is 12.8. The Kier molecular flexibility index (Phi) is 9.81. The van der Waals surface area contributed by atoms with Gasteiger partial charge in [0.25, 0.3) is 0 Å². The summed E-state index contributed by atoms with van der Waals surface area (Å²) in [5.74, 6) is 0.0183. The molecule has 0 radical (unpaired) electrons. The van der Waals surface area contributed by atoms with Gasteiger partial charge in [0.1, 0.15) is 18.5 Å². The lowest BCUT2D eigenvalue weighted by Gasteiger charge is -2.25. The first-order valence-corrected chi connectivity index (χ1v) is 13.3. The fourth-order valence-electron chi connectivity index (χ4n) is 3.28. The van der Waals surface area contributed by atoms with Gasteiger partial charge in [-0.1, -0.05) is 25.1 Å². The maximum absolute atomic E-state index is 13.5. The fraction of sp³-hybridized carbons (Fsp3) is 0.478. The number of esters is 1. The van der Waals surface area contributed by atoms with Crippen LogP contribution in [0.5, 0.6) is 11.6 Å². The molecule has 3 aromatic rings. The lowest BCUT2D eigenvalue weighted by Crippen LogP contribution is -2.29. The number of nitrogens with zero attached hydrogens (tertiary/aromatic N) is 4. The van der Waals surface area contributed by atoms with E-state index >= 15 is 0 Å². The van der Waals surface area contributed by atoms with E-state index in [0.29, 0.717) is 23.3 Å². The van der Waals surface area contributed by atoms with E-state index in [-0.39, 0.29) is 31.1 Å². The van der Waals surface area contributed by atoms with Crippen molar-refractivity contribution in [1.29, 1.82) is 0 Å². The highest BCUT2D eigenvalue weighted by molar-refractivity contribution is 7.52. The number of carbonyl (C=O) groups excluding carboxylic acids is 1. The number of fused-ring (bicyclic) bond motifs is 1. The highest BCUT2D eigenvalue weighted by Gasteiger charge is 2.30. The molecule has 0 aliphatic rings. The number of benzene rings is 1. The zero-order chi connectivity index (χ0) is 27.0. The van der Waals surface area contributed by atoms with Crippen LogP contribution in [-0.4, -0.2) is 58.0 Å². The quantitative estimate of drug-likeness (QED) is 0.228. The number of aromatic nitrogens is 4. The van der Waals surface area contributed by atoms with Gasteiger partial charge in [-0.25, -0.2) is 14.6 Å². The molecule has 3 N–H and O–H groups in total. The molecule has 2 heterocycles. The molecule has 0 amide bonds. The van der Waals surface area contributed by atoms with E-state index in [1.807, 2.05) is 6.92 Å². The van der Waals surface area contributed by atoms with Crippen molar-refractivity contribution in [3.63, 3.8) is 0 Å². The summed E-state index contributed by atoms with van der Waals surface area (Å²) in [6.45, 7) is 6.68. The third kappa shape index (κ3) is 7.86. The molecule has 14 heteroatoms. The van der Waals surface area contributed by atoms with Gasteiger partial charge in [-0.15, -0.1) is 0 Å². The van der Waals surface area contributed by atoms with E-state index in [9.17, 15) is 9.36 Å². The number of anilines is 1. The normalized spacial score (nSPS) is 14.8. The molecule has 0 fully saturated rings. The SMILES string of the molecule is CCC(COP(=O)(NCC(=O)OC(C)C)Oc1ccccc1)OC(C)n1cnc2c(OC)nc(N)nc21. The lowest BCUT2D eigenvalue weighted by atomic mass is 10.3. The highest BCUT2D eigenvalue weighted by atomic mass is 31.2. The van der Waals surface area contributed by atoms with E-state index < -0.39 is 26.0 Å². The zero-order valence-electron chi connectivity index (χ0n) is 21.5. The van der Waals surface area contributed by atoms with Crippen LogP contribution in [0.2, 0.25) is 0 Å². The molecule has 13 nitrogen and oxygen atoms in total. The smallest absolute Gasteiger partial charge is 0.459 e. The summed E-state index contributed by atoms with van der Waals surface area (Å²) in [5, 5.41) is 2.57. The Morgan fingerprint density at radius 1 is 1.19 bits per heavy atom. The number of nitrogens with one attached hydrogen (secondary N) is 1. The number of ether oxygens (including phenoxy) is 3. The summed E-state index contributed by atoms with van der Waals surface area (Å²) in [6, 6.07) is 8.51. The van der Waals surface area contributed by atoms with Crippen molar-refractivity contribution in [3.8, 4) is 11.6 Å². The molecule has 0 spiro atoms. The van der Waals surface area contributed by atoms with Crippen LogP contribution in [0.25, 0.3) is 11.2 Å². The van der Waals surface area contributed by atoms with Crippen molar-refractivity contribution >= 4 is 30.8 Å². The number of para-hydroxylation sites is 1. The molecule has 3 atom stereocenters. The minimum Gasteiger partial charge on any atom is -0.479 e. The number of methoxy groups -OCH3 is 1. The fourth-order valence-corrected chi connectivity index (χ4v) is 4.58. The van der Waals surface area contributed by atoms with Gasteiger partial charge in [-0.3, -0.25) is 13.9 Å². The molecule has 3 unspecified atom stereocenters. The van der Waals surface area contributed by atoms with E-state index in [0.717, 1.165) is 0 Å². The Labute approximate surface area is 215 Å². The standard InChI is InChI=1S/C23H33N6O7P/c1-6-17(35-16(4)29-14-25-20-21(29)27-23(24)28-22(20)32-5)13-33-37(31,26-12-19(30)34-15(2)3)36-18-10-8-7-9-11-18/h7-11,14-17H,6,12-13H2,1-5H3,(H,26,31)(H2,24,27,28). The van der Waals surface area contributed by atoms with Crippen LogP contribution in [-0.2, 0) is 23.4 Å². The maximum atomic E-state index is 13.5. The van der Waals surface area contributed by atoms with E-state index in [1.54, 1.807) is 62.0 Å². The van der Waals surface area contributed by atoms with Crippen molar-refractivity contribution < 1.29 is 32.6 Å². The summed E-state index contributed by atoms with van der Waals surface area (Å²) in [7, 11) is -2.50. The molecular formula is C23H33N6O7P. The molecule has 37 heavy (non-hydrogen) atoms. The molecule has 1 aromatic carbocycles. The Balaban J connectivity index is 1.71.